The maximum Gasteiger partial charge on any atom is 0.279 e. The number of amides is 2. The van der Waals surface area contributed by atoms with E-state index in [1.165, 1.54) is 25.6 Å². The monoisotopic (exact) mass is 455 g/mol. The fraction of sp³-hybridized carbons (Fsp3) is 0.261. The lowest BCUT2D eigenvalue weighted by atomic mass is 10.1. The van der Waals surface area contributed by atoms with Crippen LogP contribution in [0.1, 0.15) is 26.3 Å². The highest BCUT2D eigenvalue weighted by atomic mass is 32.1. The average molecular weight is 456 g/mol. The SMILES string of the molecule is COCCNC(=O)c1ccccc1Cn1ccsc1=NC(=O)c1ccc(OC)c(OC)c1. The van der Waals surface area contributed by atoms with Gasteiger partial charge in [0, 0.05) is 36.4 Å². The first-order valence-corrected chi connectivity index (χ1v) is 10.8. The Hall–Kier alpha value is -3.43. The summed E-state index contributed by atoms with van der Waals surface area (Å²) in [6.45, 7) is 1.26. The van der Waals surface area contributed by atoms with Crippen LogP contribution in [0.5, 0.6) is 11.5 Å². The number of rotatable bonds is 9. The molecule has 1 aromatic heterocycles. The van der Waals surface area contributed by atoms with Crippen molar-refractivity contribution in [3.05, 3.63) is 75.5 Å². The van der Waals surface area contributed by atoms with Crippen LogP contribution in [0.2, 0.25) is 0 Å². The van der Waals surface area contributed by atoms with Crippen molar-refractivity contribution < 1.29 is 23.8 Å². The highest BCUT2D eigenvalue weighted by Crippen LogP contribution is 2.27. The second kappa shape index (κ2) is 11.3. The van der Waals surface area contributed by atoms with Crippen LogP contribution in [-0.4, -0.2) is 50.9 Å². The Morgan fingerprint density at radius 2 is 1.84 bits per heavy atom. The van der Waals surface area contributed by atoms with Crippen molar-refractivity contribution in [1.82, 2.24) is 9.88 Å². The number of benzene rings is 2. The van der Waals surface area contributed by atoms with Gasteiger partial charge in [-0.15, -0.1) is 11.3 Å². The molecule has 0 aliphatic heterocycles. The summed E-state index contributed by atoms with van der Waals surface area (Å²) in [7, 11) is 4.63. The van der Waals surface area contributed by atoms with E-state index in [1.807, 2.05) is 34.3 Å². The summed E-state index contributed by atoms with van der Waals surface area (Å²) < 4.78 is 17.3. The van der Waals surface area contributed by atoms with Gasteiger partial charge >= 0.3 is 0 Å². The zero-order chi connectivity index (χ0) is 22.9. The van der Waals surface area contributed by atoms with Gasteiger partial charge in [-0.1, -0.05) is 18.2 Å². The molecule has 3 rings (SSSR count). The van der Waals surface area contributed by atoms with Crippen molar-refractivity contribution in [3.8, 4) is 11.5 Å². The smallest absolute Gasteiger partial charge is 0.279 e. The molecule has 2 amide bonds. The number of ether oxygens (including phenoxy) is 3. The third-order valence-electron chi connectivity index (χ3n) is 4.68. The molecule has 3 aromatic rings. The van der Waals surface area contributed by atoms with Gasteiger partial charge in [0.15, 0.2) is 16.3 Å². The molecule has 9 heteroatoms. The molecule has 0 aliphatic rings. The van der Waals surface area contributed by atoms with E-state index in [0.717, 1.165) is 5.56 Å². The number of methoxy groups -OCH3 is 3. The van der Waals surface area contributed by atoms with Crippen molar-refractivity contribution in [2.75, 3.05) is 34.5 Å². The summed E-state index contributed by atoms with van der Waals surface area (Å²) in [5, 5.41) is 4.69. The van der Waals surface area contributed by atoms with Crippen molar-refractivity contribution in [3.63, 3.8) is 0 Å². The lowest BCUT2D eigenvalue weighted by Gasteiger charge is -2.11. The van der Waals surface area contributed by atoms with Gasteiger partial charge < -0.3 is 24.1 Å². The van der Waals surface area contributed by atoms with E-state index in [1.54, 1.807) is 31.4 Å². The largest absolute Gasteiger partial charge is 0.493 e. The molecule has 0 radical (unpaired) electrons. The molecule has 1 N–H and O–H groups in total. The Balaban J connectivity index is 1.85. The Labute approximate surface area is 190 Å². The first kappa shape index (κ1) is 23.2. The minimum Gasteiger partial charge on any atom is -0.493 e. The average Bonchev–Trinajstić information content (AvgIpc) is 3.25. The number of nitrogens with one attached hydrogen (secondary N) is 1. The van der Waals surface area contributed by atoms with Crippen LogP contribution in [0.25, 0.3) is 0 Å². The number of aromatic nitrogens is 1. The van der Waals surface area contributed by atoms with Gasteiger partial charge in [-0.05, 0) is 29.8 Å². The maximum atomic E-state index is 12.8. The lowest BCUT2D eigenvalue weighted by molar-refractivity contribution is 0.0935. The molecular formula is C23H25N3O5S. The number of hydrogen-bond acceptors (Lipinski definition) is 6. The fourth-order valence-electron chi connectivity index (χ4n) is 3.05. The van der Waals surface area contributed by atoms with Crippen LogP contribution in [0, 0.1) is 0 Å². The predicted octanol–water partition coefficient (Wildman–Crippen LogP) is 2.73. The molecule has 2 aromatic carbocycles. The highest BCUT2D eigenvalue weighted by Gasteiger charge is 2.13. The fourth-order valence-corrected chi connectivity index (χ4v) is 3.78. The van der Waals surface area contributed by atoms with E-state index < -0.39 is 5.91 Å². The highest BCUT2D eigenvalue weighted by molar-refractivity contribution is 7.07. The molecule has 8 nitrogen and oxygen atoms in total. The molecule has 0 saturated heterocycles. The first-order valence-electron chi connectivity index (χ1n) is 9.87. The number of hydrogen-bond donors (Lipinski definition) is 1. The molecule has 32 heavy (non-hydrogen) atoms. The van der Waals surface area contributed by atoms with Crippen LogP contribution in [-0.2, 0) is 11.3 Å². The van der Waals surface area contributed by atoms with Gasteiger partial charge in [-0.2, -0.15) is 4.99 Å². The lowest BCUT2D eigenvalue weighted by Crippen LogP contribution is -2.28. The summed E-state index contributed by atoms with van der Waals surface area (Å²) in [5.41, 5.74) is 1.78. The van der Waals surface area contributed by atoms with Gasteiger partial charge in [0.25, 0.3) is 11.8 Å². The summed E-state index contributed by atoms with van der Waals surface area (Å²) in [6, 6.07) is 12.3. The van der Waals surface area contributed by atoms with Crippen molar-refractivity contribution in [1.29, 1.82) is 0 Å². The minimum absolute atomic E-state index is 0.173. The Kier molecular flexibility index (Phi) is 8.18. The standard InChI is InChI=1S/C23H25N3O5S/c1-29-12-10-24-22(28)18-7-5-4-6-17(18)15-26-11-13-32-23(26)25-21(27)16-8-9-19(30-2)20(14-16)31-3/h4-9,11,13-14H,10,12,15H2,1-3H3,(H,24,28). The van der Waals surface area contributed by atoms with E-state index in [9.17, 15) is 9.59 Å². The molecule has 0 saturated carbocycles. The van der Waals surface area contributed by atoms with Crippen molar-refractivity contribution in [2.45, 2.75) is 6.54 Å². The quantitative estimate of drug-likeness (QED) is 0.501. The summed E-state index contributed by atoms with van der Waals surface area (Å²) >= 11 is 1.34. The topological polar surface area (TPSA) is 91.2 Å². The number of carbonyl (C=O) groups excluding carboxylic acids is 2. The molecule has 0 unspecified atom stereocenters. The molecule has 0 fully saturated rings. The van der Waals surface area contributed by atoms with Gasteiger partial charge in [0.2, 0.25) is 0 Å². The van der Waals surface area contributed by atoms with E-state index in [4.69, 9.17) is 14.2 Å². The predicted molar refractivity (Wildman–Crippen MR) is 122 cm³/mol. The van der Waals surface area contributed by atoms with E-state index in [0.29, 0.717) is 47.1 Å². The Morgan fingerprint density at radius 3 is 2.59 bits per heavy atom. The third kappa shape index (κ3) is 5.63. The van der Waals surface area contributed by atoms with E-state index in [-0.39, 0.29) is 5.91 Å². The van der Waals surface area contributed by atoms with Gasteiger partial charge in [0.1, 0.15) is 0 Å². The Morgan fingerprint density at radius 1 is 1.06 bits per heavy atom. The maximum absolute atomic E-state index is 12.8. The van der Waals surface area contributed by atoms with E-state index in [2.05, 4.69) is 10.3 Å². The van der Waals surface area contributed by atoms with Gasteiger partial charge in [-0.3, -0.25) is 9.59 Å². The number of nitrogens with zero attached hydrogens (tertiary/aromatic N) is 2. The van der Waals surface area contributed by atoms with Gasteiger partial charge in [-0.25, -0.2) is 0 Å². The zero-order valence-corrected chi connectivity index (χ0v) is 19.0. The molecule has 0 bridgehead atoms. The van der Waals surface area contributed by atoms with Crippen LogP contribution in [0.3, 0.4) is 0 Å². The van der Waals surface area contributed by atoms with Crippen LogP contribution >= 0.6 is 11.3 Å². The summed E-state index contributed by atoms with van der Waals surface area (Å²) in [6.07, 6.45) is 1.84. The molecule has 0 spiro atoms. The number of thiazole rings is 1. The second-order valence-electron chi connectivity index (χ2n) is 6.71. The summed E-state index contributed by atoms with van der Waals surface area (Å²) in [5.74, 6) is 0.428. The second-order valence-corrected chi connectivity index (χ2v) is 7.58. The van der Waals surface area contributed by atoms with E-state index >= 15 is 0 Å². The van der Waals surface area contributed by atoms with Crippen molar-refractivity contribution in [2.24, 2.45) is 4.99 Å². The van der Waals surface area contributed by atoms with Crippen LogP contribution < -0.4 is 19.6 Å². The summed E-state index contributed by atoms with van der Waals surface area (Å²) in [4.78, 5) is 30.1. The number of carbonyl (C=O) groups is 2. The van der Waals surface area contributed by atoms with Gasteiger partial charge in [0.05, 0.1) is 27.4 Å². The Bertz CT molecular complexity index is 1150. The third-order valence-corrected chi connectivity index (χ3v) is 5.48. The minimum atomic E-state index is -0.396. The molecule has 0 aliphatic carbocycles. The first-order chi connectivity index (χ1) is 15.6. The molecule has 1 heterocycles. The molecular weight excluding hydrogens is 430 g/mol. The molecule has 0 atom stereocenters. The van der Waals surface area contributed by atoms with Crippen molar-refractivity contribution >= 4 is 23.2 Å². The zero-order valence-electron chi connectivity index (χ0n) is 18.2. The van der Waals surface area contributed by atoms with Crippen LogP contribution in [0.15, 0.2) is 59.0 Å². The normalized spacial score (nSPS) is 11.3. The van der Waals surface area contributed by atoms with Crippen LogP contribution in [0.4, 0.5) is 0 Å². The molecule has 168 valence electrons.